The second kappa shape index (κ2) is 10.5. The molecule has 0 saturated carbocycles. The van der Waals surface area contributed by atoms with E-state index in [-0.39, 0.29) is 11.8 Å². The Morgan fingerprint density at radius 3 is 2.30 bits per heavy atom. The van der Waals surface area contributed by atoms with Crippen molar-refractivity contribution in [1.82, 2.24) is 5.32 Å². The van der Waals surface area contributed by atoms with Crippen LogP contribution in [0.25, 0.3) is 0 Å². The van der Waals surface area contributed by atoms with Crippen LogP contribution < -0.4 is 15.4 Å². The van der Waals surface area contributed by atoms with Crippen molar-refractivity contribution in [2.45, 2.75) is 26.0 Å². The average molecular weight is 423 g/mol. The Balaban J connectivity index is 1.67. The maximum atomic E-state index is 12.8. The molecule has 5 nitrogen and oxygen atoms in total. The molecule has 2 amide bonds. The van der Waals surface area contributed by atoms with Crippen molar-refractivity contribution in [2.24, 2.45) is 0 Å². The third kappa shape index (κ3) is 5.84. The standard InChI is InChI=1S/C24H23ClN2O3/c1-2-22(30-19-14-12-18(25)13-15-19)24(29)27-21-11-7-6-10-20(21)23(28)26-16-17-8-4-3-5-9-17/h3-15,22H,2,16H2,1H3,(H,26,28)(H,27,29)/t22-/m0/s1. The lowest BCUT2D eigenvalue weighted by molar-refractivity contribution is -0.122. The molecule has 0 bridgehead atoms. The molecule has 154 valence electrons. The topological polar surface area (TPSA) is 67.4 Å². The molecule has 6 heteroatoms. The number of carbonyl (C=O) groups is 2. The van der Waals surface area contributed by atoms with Crippen molar-refractivity contribution >= 4 is 29.1 Å². The van der Waals surface area contributed by atoms with Gasteiger partial charge in [0, 0.05) is 11.6 Å². The first-order valence-corrected chi connectivity index (χ1v) is 10.1. The minimum Gasteiger partial charge on any atom is -0.481 e. The maximum Gasteiger partial charge on any atom is 0.265 e. The molecule has 30 heavy (non-hydrogen) atoms. The molecule has 0 aromatic heterocycles. The van der Waals surface area contributed by atoms with Gasteiger partial charge in [0.05, 0.1) is 11.3 Å². The van der Waals surface area contributed by atoms with E-state index in [1.54, 1.807) is 48.5 Å². The Morgan fingerprint density at radius 2 is 1.60 bits per heavy atom. The van der Waals surface area contributed by atoms with E-state index in [2.05, 4.69) is 10.6 Å². The highest BCUT2D eigenvalue weighted by Crippen LogP contribution is 2.20. The number of nitrogens with one attached hydrogen (secondary N) is 2. The van der Waals surface area contributed by atoms with E-state index in [0.29, 0.717) is 35.0 Å². The maximum absolute atomic E-state index is 12.8. The molecule has 0 aliphatic rings. The van der Waals surface area contributed by atoms with Gasteiger partial charge in [0.25, 0.3) is 11.8 Å². The smallest absolute Gasteiger partial charge is 0.265 e. The molecular weight excluding hydrogens is 400 g/mol. The second-order valence-corrected chi connectivity index (χ2v) is 7.11. The van der Waals surface area contributed by atoms with Crippen LogP contribution in [0.4, 0.5) is 5.69 Å². The van der Waals surface area contributed by atoms with Crippen molar-refractivity contribution < 1.29 is 14.3 Å². The van der Waals surface area contributed by atoms with Crippen molar-refractivity contribution in [3.63, 3.8) is 0 Å². The Bertz CT molecular complexity index is 991. The predicted octanol–water partition coefficient (Wildman–Crippen LogP) is 5.07. The van der Waals surface area contributed by atoms with E-state index in [0.717, 1.165) is 5.56 Å². The van der Waals surface area contributed by atoms with Crippen LogP contribution in [-0.4, -0.2) is 17.9 Å². The Kier molecular flexibility index (Phi) is 7.46. The summed E-state index contributed by atoms with van der Waals surface area (Å²) in [5.74, 6) is -0.0348. The van der Waals surface area contributed by atoms with Gasteiger partial charge in [-0.15, -0.1) is 0 Å². The lowest BCUT2D eigenvalue weighted by atomic mass is 10.1. The molecule has 0 unspecified atom stereocenters. The van der Waals surface area contributed by atoms with Crippen molar-refractivity contribution in [1.29, 1.82) is 0 Å². The van der Waals surface area contributed by atoms with E-state index in [9.17, 15) is 9.59 Å². The zero-order valence-electron chi connectivity index (χ0n) is 16.6. The summed E-state index contributed by atoms with van der Waals surface area (Å²) < 4.78 is 5.79. The summed E-state index contributed by atoms with van der Waals surface area (Å²) in [7, 11) is 0. The summed E-state index contributed by atoms with van der Waals surface area (Å²) in [6.07, 6.45) is -0.233. The van der Waals surface area contributed by atoms with Crippen LogP contribution in [0.5, 0.6) is 5.75 Å². The van der Waals surface area contributed by atoms with Gasteiger partial charge in [-0.3, -0.25) is 9.59 Å². The van der Waals surface area contributed by atoms with E-state index in [1.165, 1.54) is 0 Å². The monoisotopic (exact) mass is 422 g/mol. The van der Waals surface area contributed by atoms with Crippen molar-refractivity contribution in [2.75, 3.05) is 5.32 Å². The van der Waals surface area contributed by atoms with Gasteiger partial charge < -0.3 is 15.4 Å². The minimum absolute atomic E-state index is 0.263. The normalized spacial score (nSPS) is 11.4. The largest absolute Gasteiger partial charge is 0.481 e. The number of amides is 2. The van der Waals surface area contributed by atoms with Gasteiger partial charge >= 0.3 is 0 Å². The third-order valence-corrected chi connectivity index (χ3v) is 4.73. The van der Waals surface area contributed by atoms with Crippen LogP contribution in [-0.2, 0) is 11.3 Å². The zero-order valence-corrected chi connectivity index (χ0v) is 17.4. The average Bonchev–Trinajstić information content (AvgIpc) is 2.78. The molecule has 0 aliphatic carbocycles. The lowest BCUT2D eigenvalue weighted by Crippen LogP contribution is -2.33. The summed E-state index contributed by atoms with van der Waals surface area (Å²) in [4.78, 5) is 25.5. The molecule has 0 fully saturated rings. The second-order valence-electron chi connectivity index (χ2n) is 6.67. The molecule has 3 aromatic carbocycles. The van der Waals surface area contributed by atoms with E-state index in [1.807, 2.05) is 37.3 Å². The lowest BCUT2D eigenvalue weighted by Gasteiger charge is -2.18. The van der Waals surface area contributed by atoms with Gasteiger partial charge in [-0.1, -0.05) is 61.0 Å². The van der Waals surface area contributed by atoms with E-state index < -0.39 is 6.10 Å². The fourth-order valence-corrected chi connectivity index (χ4v) is 3.00. The Hall–Kier alpha value is -3.31. The summed E-state index contributed by atoms with van der Waals surface area (Å²) in [5.41, 5.74) is 1.82. The highest BCUT2D eigenvalue weighted by atomic mass is 35.5. The first-order chi connectivity index (χ1) is 14.6. The van der Waals surface area contributed by atoms with Crippen LogP contribution in [0, 0.1) is 0 Å². The third-order valence-electron chi connectivity index (χ3n) is 4.48. The van der Waals surface area contributed by atoms with Gasteiger partial charge in [0.15, 0.2) is 6.10 Å². The number of halogens is 1. The number of ether oxygens (including phenoxy) is 1. The van der Waals surface area contributed by atoms with E-state index >= 15 is 0 Å². The number of carbonyl (C=O) groups excluding carboxylic acids is 2. The summed E-state index contributed by atoms with van der Waals surface area (Å²) in [5, 5.41) is 6.30. The minimum atomic E-state index is -0.702. The van der Waals surface area contributed by atoms with E-state index in [4.69, 9.17) is 16.3 Å². The number of hydrogen-bond donors (Lipinski definition) is 2. The highest BCUT2D eigenvalue weighted by molar-refractivity contribution is 6.30. The molecule has 2 N–H and O–H groups in total. The van der Waals surface area contributed by atoms with Crippen LogP contribution in [0.15, 0.2) is 78.9 Å². The van der Waals surface area contributed by atoms with Crippen LogP contribution in [0.1, 0.15) is 29.3 Å². The molecular formula is C24H23ClN2O3. The first kappa shape index (κ1) is 21.4. The molecule has 0 heterocycles. The molecule has 0 spiro atoms. The zero-order chi connectivity index (χ0) is 21.3. The Morgan fingerprint density at radius 1 is 0.933 bits per heavy atom. The number of anilines is 1. The number of rotatable bonds is 8. The number of hydrogen-bond acceptors (Lipinski definition) is 3. The molecule has 3 rings (SSSR count). The summed E-state index contributed by atoms with van der Waals surface area (Å²) in [6, 6.07) is 23.4. The van der Waals surface area contributed by atoms with Crippen LogP contribution in [0.3, 0.4) is 0 Å². The Labute approximate surface area is 181 Å². The number of para-hydroxylation sites is 1. The molecule has 1 atom stereocenters. The fraction of sp³-hybridized carbons (Fsp3) is 0.167. The van der Waals surface area contributed by atoms with Gasteiger partial charge in [-0.05, 0) is 48.4 Å². The van der Waals surface area contributed by atoms with Gasteiger partial charge in [-0.25, -0.2) is 0 Å². The summed E-state index contributed by atoms with van der Waals surface area (Å²) in [6.45, 7) is 2.26. The van der Waals surface area contributed by atoms with Gasteiger partial charge in [0.2, 0.25) is 0 Å². The molecule has 0 radical (unpaired) electrons. The number of benzene rings is 3. The summed E-state index contributed by atoms with van der Waals surface area (Å²) >= 11 is 5.89. The van der Waals surface area contributed by atoms with Crippen molar-refractivity contribution in [3.8, 4) is 5.75 Å². The van der Waals surface area contributed by atoms with Crippen molar-refractivity contribution in [3.05, 3.63) is 95.0 Å². The predicted molar refractivity (Wildman–Crippen MR) is 119 cm³/mol. The van der Waals surface area contributed by atoms with Gasteiger partial charge in [-0.2, -0.15) is 0 Å². The quantitative estimate of drug-likeness (QED) is 0.532. The molecule has 3 aromatic rings. The van der Waals surface area contributed by atoms with Gasteiger partial charge in [0.1, 0.15) is 5.75 Å². The van der Waals surface area contributed by atoms with Crippen LogP contribution in [0.2, 0.25) is 5.02 Å². The first-order valence-electron chi connectivity index (χ1n) is 9.71. The highest BCUT2D eigenvalue weighted by Gasteiger charge is 2.21. The fourth-order valence-electron chi connectivity index (χ4n) is 2.88. The SMILES string of the molecule is CC[C@H](Oc1ccc(Cl)cc1)C(=O)Nc1ccccc1C(=O)NCc1ccccc1. The molecule has 0 saturated heterocycles. The molecule has 0 aliphatic heterocycles. The van der Waals surface area contributed by atoms with Crippen LogP contribution >= 0.6 is 11.6 Å².